The van der Waals surface area contributed by atoms with Gasteiger partial charge >= 0.3 is 0 Å². The minimum Gasteiger partial charge on any atom is -0.385 e. The molecule has 0 aromatic rings. The monoisotopic (exact) mass is 293 g/mol. The summed E-state index contributed by atoms with van der Waals surface area (Å²) in [4.78, 5) is 0. The average molecular weight is 293 g/mol. The zero-order valence-electron chi connectivity index (χ0n) is 14.5. The maximum atomic E-state index is 11.5. The lowest BCUT2D eigenvalue weighted by Gasteiger charge is -2.50. The summed E-state index contributed by atoms with van der Waals surface area (Å²) >= 11 is 0. The highest BCUT2D eigenvalue weighted by Crippen LogP contribution is 2.59. The van der Waals surface area contributed by atoms with E-state index in [0.717, 1.165) is 25.7 Å². The van der Waals surface area contributed by atoms with E-state index < -0.39 is 16.6 Å². The summed E-state index contributed by atoms with van der Waals surface area (Å²) in [5, 5.41) is 21.4. The first-order valence-corrected chi connectivity index (χ1v) is 8.32. The van der Waals surface area contributed by atoms with E-state index in [0.29, 0.717) is 18.3 Å². The molecule has 3 heteroatoms. The van der Waals surface area contributed by atoms with Gasteiger partial charge in [0.1, 0.15) is 5.60 Å². The maximum Gasteiger partial charge on any atom is 0.114 e. The third-order valence-electron chi connectivity index (χ3n) is 6.04. The van der Waals surface area contributed by atoms with E-state index in [2.05, 4.69) is 19.9 Å². The lowest BCUT2D eigenvalue weighted by atomic mass is 9.56. The molecule has 3 nitrogen and oxygen atoms in total. The summed E-state index contributed by atoms with van der Waals surface area (Å²) in [5.74, 6) is 1.33. The average Bonchev–Trinajstić information content (AvgIpc) is 2.53. The Labute approximate surface area is 129 Å². The molecule has 2 aliphatic rings. The number of hydrogen-bond acceptors (Lipinski definition) is 3. The van der Waals surface area contributed by atoms with Gasteiger partial charge in [0.25, 0.3) is 0 Å². The molecule has 1 aliphatic carbocycles. The molecule has 1 saturated carbocycles. The third-order valence-corrected chi connectivity index (χ3v) is 6.04. The topological polar surface area (TPSA) is 53.2 Å². The Bertz CT molecular complexity index is 439. The fourth-order valence-electron chi connectivity index (χ4n) is 4.80. The Kier molecular flexibility index (Phi) is 3.96. The molecule has 21 heavy (non-hydrogen) atoms. The first-order valence-electron chi connectivity index (χ1n) is 8.32. The molecule has 1 heterocycles. The van der Waals surface area contributed by atoms with Gasteiger partial charge in [-0.3, -0.25) is 0 Å². The molecular weight excluding hydrogens is 262 g/mol. The van der Waals surface area contributed by atoms with Crippen molar-refractivity contribution in [3.63, 3.8) is 0 Å². The van der Waals surface area contributed by atoms with Crippen molar-refractivity contribution in [3.05, 3.63) is 0 Å². The van der Waals surface area contributed by atoms with Crippen LogP contribution < -0.4 is 0 Å². The van der Waals surface area contributed by atoms with Crippen LogP contribution in [0, 0.1) is 28.6 Å². The number of hydrogen-bond donors (Lipinski definition) is 1. The Morgan fingerprint density at radius 1 is 1.14 bits per heavy atom. The molecule has 120 valence electrons. The fraction of sp³-hybridized carbons (Fsp3) is 0.944. The molecule has 0 spiro atoms. The minimum atomic E-state index is -1.07. The summed E-state index contributed by atoms with van der Waals surface area (Å²) in [5.41, 5.74) is -2.80. The van der Waals surface area contributed by atoms with Crippen LogP contribution >= 0.6 is 0 Å². The number of nitriles is 1. The molecule has 0 radical (unpaired) electrons. The van der Waals surface area contributed by atoms with E-state index in [1.807, 2.05) is 27.7 Å². The van der Waals surface area contributed by atoms with Gasteiger partial charge in [-0.25, -0.2) is 0 Å². The number of aliphatic hydroxyl groups is 1. The standard InChI is InChI=1S/C18H31NO2/c1-13(2)14-7-9-17(12-19,10-8-14)18(20)11-15(3,4)21-16(18,5)6/h13-14,20H,7-11H2,1-6H3. The van der Waals surface area contributed by atoms with Crippen LogP contribution in [0.15, 0.2) is 0 Å². The molecule has 1 saturated heterocycles. The molecule has 0 aromatic heterocycles. The summed E-state index contributed by atoms with van der Waals surface area (Å²) in [6, 6.07) is 2.52. The predicted molar refractivity (Wildman–Crippen MR) is 83.7 cm³/mol. The first kappa shape index (κ1) is 16.8. The summed E-state index contributed by atoms with van der Waals surface area (Å²) < 4.78 is 6.11. The van der Waals surface area contributed by atoms with E-state index in [-0.39, 0.29) is 5.60 Å². The van der Waals surface area contributed by atoms with Crippen molar-refractivity contribution in [2.75, 3.05) is 0 Å². The highest BCUT2D eigenvalue weighted by Gasteiger charge is 2.66. The first-order chi connectivity index (χ1) is 9.49. The molecule has 0 aromatic carbocycles. The smallest absolute Gasteiger partial charge is 0.114 e. The second kappa shape index (κ2) is 4.96. The van der Waals surface area contributed by atoms with Crippen molar-refractivity contribution >= 4 is 0 Å². The minimum absolute atomic E-state index is 0.378. The molecule has 0 bridgehead atoms. The number of nitrogens with zero attached hydrogens (tertiary/aromatic N) is 1. The van der Waals surface area contributed by atoms with Crippen molar-refractivity contribution in [2.45, 2.75) is 90.4 Å². The fourth-order valence-corrected chi connectivity index (χ4v) is 4.80. The second-order valence-corrected chi connectivity index (χ2v) is 8.68. The molecule has 1 unspecified atom stereocenters. The highest BCUT2D eigenvalue weighted by atomic mass is 16.5. The summed E-state index contributed by atoms with van der Waals surface area (Å²) in [7, 11) is 0. The van der Waals surface area contributed by atoms with Gasteiger partial charge in [-0.2, -0.15) is 5.26 Å². The second-order valence-electron chi connectivity index (χ2n) is 8.68. The number of ether oxygens (including phenoxy) is 1. The molecule has 0 amide bonds. The van der Waals surface area contributed by atoms with Gasteiger partial charge in [-0.15, -0.1) is 0 Å². The molecule has 1 N–H and O–H groups in total. The summed E-state index contributed by atoms with van der Waals surface area (Å²) in [6.45, 7) is 12.4. The normalized spacial score (nSPS) is 42.0. The van der Waals surface area contributed by atoms with Gasteiger partial charge in [-0.05, 0) is 65.2 Å². The van der Waals surface area contributed by atoms with E-state index in [1.54, 1.807) is 0 Å². The van der Waals surface area contributed by atoms with E-state index in [9.17, 15) is 10.4 Å². The third kappa shape index (κ3) is 2.51. The Balaban J connectivity index is 2.32. The molecule has 1 atom stereocenters. The Hall–Kier alpha value is -0.590. The molecule has 2 fully saturated rings. The van der Waals surface area contributed by atoms with Gasteiger partial charge < -0.3 is 9.84 Å². The Morgan fingerprint density at radius 3 is 2.00 bits per heavy atom. The quantitative estimate of drug-likeness (QED) is 0.835. The van der Waals surface area contributed by atoms with Crippen LogP contribution in [-0.4, -0.2) is 21.9 Å². The zero-order valence-corrected chi connectivity index (χ0v) is 14.5. The van der Waals surface area contributed by atoms with Crippen LogP contribution in [0.1, 0.15) is 73.6 Å². The highest BCUT2D eigenvalue weighted by molar-refractivity contribution is 5.22. The van der Waals surface area contributed by atoms with Gasteiger partial charge in [0.05, 0.1) is 22.7 Å². The van der Waals surface area contributed by atoms with Crippen LogP contribution in [-0.2, 0) is 4.74 Å². The lowest BCUT2D eigenvalue weighted by Crippen LogP contribution is -2.59. The Morgan fingerprint density at radius 2 is 1.67 bits per heavy atom. The van der Waals surface area contributed by atoms with E-state index >= 15 is 0 Å². The van der Waals surface area contributed by atoms with Crippen molar-refractivity contribution < 1.29 is 9.84 Å². The summed E-state index contributed by atoms with van der Waals surface area (Å²) in [6.07, 6.45) is 4.17. The zero-order chi connectivity index (χ0) is 16.1. The SMILES string of the molecule is CC(C)C1CCC(C#N)(C2(O)CC(C)(C)OC2(C)C)CC1. The predicted octanol–water partition coefficient (Wildman–Crippen LogP) is 4.05. The van der Waals surface area contributed by atoms with Crippen molar-refractivity contribution in [1.82, 2.24) is 0 Å². The lowest BCUT2D eigenvalue weighted by molar-refractivity contribution is -0.174. The van der Waals surface area contributed by atoms with Crippen molar-refractivity contribution in [3.8, 4) is 6.07 Å². The van der Waals surface area contributed by atoms with Gasteiger partial charge in [0, 0.05) is 6.42 Å². The van der Waals surface area contributed by atoms with Gasteiger partial charge in [-0.1, -0.05) is 13.8 Å². The van der Waals surface area contributed by atoms with Crippen LogP contribution in [0.25, 0.3) is 0 Å². The molecule has 1 aliphatic heterocycles. The van der Waals surface area contributed by atoms with Crippen LogP contribution in [0.4, 0.5) is 0 Å². The van der Waals surface area contributed by atoms with Gasteiger partial charge in [0.2, 0.25) is 0 Å². The maximum absolute atomic E-state index is 11.5. The van der Waals surface area contributed by atoms with Crippen LogP contribution in [0.5, 0.6) is 0 Å². The van der Waals surface area contributed by atoms with Crippen LogP contribution in [0.3, 0.4) is 0 Å². The van der Waals surface area contributed by atoms with Crippen molar-refractivity contribution in [2.24, 2.45) is 17.3 Å². The molecular formula is C18H31NO2. The number of rotatable bonds is 2. The van der Waals surface area contributed by atoms with E-state index in [1.165, 1.54) is 0 Å². The van der Waals surface area contributed by atoms with Gasteiger partial charge in [0.15, 0.2) is 0 Å². The van der Waals surface area contributed by atoms with Crippen molar-refractivity contribution in [1.29, 1.82) is 5.26 Å². The largest absolute Gasteiger partial charge is 0.385 e. The van der Waals surface area contributed by atoms with E-state index in [4.69, 9.17) is 4.74 Å². The van der Waals surface area contributed by atoms with Crippen LogP contribution in [0.2, 0.25) is 0 Å². The molecule has 2 rings (SSSR count).